The minimum absolute atomic E-state index is 0.0551. The van der Waals surface area contributed by atoms with E-state index < -0.39 is 0 Å². The third-order valence-electron chi connectivity index (χ3n) is 5.57. The molecule has 0 bridgehead atoms. The molecule has 2 aromatic carbocycles. The highest BCUT2D eigenvalue weighted by Crippen LogP contribution is 2.28. The molecule has 0 spiro atoms. The largest absolute Gasteiger partial charge is 0.345 e. The second-order valence-corrected chi connectivity index (χ2v) is 8.09. The lowest BCUT2D eigenvalue weighted by Gasteiger charge is -2.22. The molecule has 2 heterocycles. The van der Waals surface area contributed by atoms with Crippen molar-refractivity contribution in [2.75, 3.05) is 20.6 Å². The number of hydrogen-bond donors (Lipinski definition) is 0. The average Bonchev–Trinajstić information content (AvgIpc) is 3.22. The number of nitrogens with zero attached hydrogens (tertiary/aromatic N) is 4. The zero-order chi connectivity index (χ0) is 23.5. The maximum atomic E-state index is 13.7. The molecule has 0 atom stereocenters. The fraction of sp³-hybridized carbons (Fsp3) is 0.231. The van der Waals surface area contributed by atoms with Gasteiger partial charge in [0, 0.05) is 38.3 Å². The van der Waals surface area contributed by atoms with Crippen LogP contribution in [0.5, 0.6) is 0 Å². The number of hydrogen-bond acceptors (Lipinski definition) is 5. The smallest absolute Gasteiger partial charge is 0.259 e. The Hall–Kier alpha value is -4.00. The quantitative estimate of drug-likeness (QED) is 0.437. The summed E-state index contributed by atoms with van der Waals surface area (Å²) in [6.45, 7) is 4.69. The molecule has 0 N–H and O–H groups in total. The number of aryl methyl sites for hydroxylation is 1. The standard InChI is InChI=1S/C26H26N4O3/c1-5-30(16-18-11-13-20(14-12-18)25(31)29(3)4)26(32)21-15-22(19-9-7-6-8-10-19)27-24-23(21)17(2)28-33-24/h6-15H,5,16H2,1-4H3. The molecule has 7 nitrogen and oxygen atoms in total. The fourth-order valence-electron chi connectivity index (χ4n) is 3.75. The molecule has 4 rings (SSSR count). The third kappa shape index (κ3) is 4.48. The van der Waals surface area contributed by atoms with Gasteiger partial charge in [0.2, 0.25) is 0 Å². The van der Waals surface area contributed by atoms with Crippen molar-refractivity contribution in [2.45, 2.75) is 20.4 Å². The van der Waals surface area contributed by atoms with Crippen molar-refractivity contribution in [3.05, 3.63) is 83.0 Å². The van der Waals surface area contributed by atoms with Crippen LogP contribution in [0, 0.1) is 6.92 Å². The maximum Gasteiger partial charge on any atom is 0.259 e. The first-order valence-corrected chi connectivity index (χ1v) is 10.8. The summed E-state index contributed by atoms with van der Waals surface area (Å²) >= 11 is 0. The van der Waals surface area contributed by atoms with Crippen LogP contribution in [0.3, 0.4) is 0 Å². The van der Waals surface area contributed by atoms with Gasteiger partial charge in [-0.25, -0.2) is 4.98 Å². The van der Waals surface area contributed by atoms with Gasteiger partial charge in [0.05, 0.1) is 22.3 Å². The minimum Gasteiger partial charge on any atom is -0.345 e. The number of carbonyl (C=O) groups excluding carboxylic acids is 2. The number of amides is 2. The number of carbonyl (C=O) groups is 2. The number of fused-ring (bicyclic) bond motifs is 1. The van der Waals surface area contributed by atoms with Crippen LogP contribution in [0.1, 0.15) is 38.9 Å². The molecular weight excluding hydrogens is 416 g/mol. The zero-order valence-electron chi connectivity index (χ0n) is 19.2. The Morgan fingerprint density at radius 2 is 1.67 bits per heavy atom. The summed E-state index contributed by atoms with van der Waals surface area (Å²) in [5, 5.41) is 4.67. The van der Waals surface area contributed by atoms with Crippen molar-refractivity contribution in [2.24, 2.45) is 0 Å². The van der Waals surface area contributed by atoms with Crippen LogP contribution in [-0.2, 0) is 6.54 Å². The summed E-state index contributed by atoms with van der Waals surface area (Å²) in [6, 6.07) is 18.8. The van der Waals surface area contributed by atoms with Gasteiger partial charge in [-0.15, -0.1) is 0 Å². The number of pyridine rings is 1. The van der Waals surface area contributed by atoms with Crippen LogP contribution >= 0.6 is 0 Å². The minimum atomic E-state index is -0.123. The molecule has 0 radical (unpaired) electrons. The summed E-state index contributed by atoms with van der Waals surface area (Å²) in [6.07, 6.45) is 0. The lowest BCUT2D eigenvalue weighted by molar-refractivity contribution is 0.0753. The topological polar surface area (TPSA) is 79.5 Å². The highest BCUT2D eigenvalue weighted by atomic mass is 16.5. The predicted octanol–water partition coefficient (Wildman–Crippen LogP) is 4.56. The number of benzene rings is 2. The van der Waals surface area contributed by atoms with Crippen molar-refractivity contribution in [3.63, 3.8) is 0 Å². The van der Waals surface area contributed by atoms with Crippen LogP contribution in [-0.4, -0.2) is 52.4 Å². The lowest BCUT2D eigenvalue weighted by atomic mass is 10.0. The molecule has 0 aliphatic rings. The Labute approximate surface area is 192 Å². The molecule has 168 valence electrons. The molecule has 0 saturated carbocycles. The maximum absolute atomic E-state index is 13.7. The van der Waals surface area contributed by atoms with E-state index >= 15 is 0 Å². The Morgan fingerprint density at radius 1 is 0.970 bits per heavy atom. The summed E-state index contributed by atoms with van der Waals surface area (Å²) in [5.41, 5.74) is 4.59. The second-order valence-electron chi connectivity index (χ2n) is 8.09. The van der Waals surface area contributed by atoms with Crippen LogP contribution in [0.2, 0.25) is 0 Å². The number of aromatic nitrogens is 2. The predicted molar refractivity (Wildman–Crippen MR) is 127 cm³/mol. The Balaban J connectivity index is 1.67. The molecule has 0 aliphatic heterocycles. The van der Waals surface area contributed by atoms with Crippen molar-refractivity contribution in [1.82, 2.24) is 19.9 Å². The Morgan fingerprint density at radius 3 is 2.30 bits per heavy atom. The first-order valence-electron chi connectivity index (χ1n) is 10.8. The molecule has 0 saturated heterocycles. The molecule has 33 heavy (non-hydrogen) atoms. The monoisotopic (exact) mass is 442 g/mol. The first kappa shape index (κ1) is 22.2. The molecule has 4 aromatic rings. The van der Waals surface area contributed by atoms with Crippen LogP contribution < -0.4 is 0 Å². The Bertz CT molecular complexity index is 1290. The van der Waals surface area contributed by atoms with Gasteiger partial charge in [0.15, 0.2) is 0 Å². The van der Waals surface area contributed by atoms with E-state index in [1.165, 1.54) is 4.90 Å². The lowest BCUT2D eigenvalue weighted by Crippen LogP contribution is -2.30. The van der Waals surface area contributed by atoms with Crippen molar-refractivity contribution >= 4 is 22.9 Å². The Kier molecular flexibility index (Phi) is 6.22. The van der Waals surface area contributed by atoms with E-state index in [0.717, 1.165) is 11.1 Å². The van der Waals surface area contributed by atoms with Gasteiger partial charge in [0.25, 0.3) is 17.5 Å². The van der Waals surface area contributed by atoms with Crippen LogP contribution in [0.25, 0.3) is 22.4 Å². The van der Waals surface area contributed by atoms with Gasteiger partial charge in [0.1, 0.15) is 0 Å². The SMILES string of the molecule is CCN(Cc1ccc(C(=O)N(C)C)cc1)C(=O)c1cc(-c2ccccc2)nc2onc(C)c12. The van der Waals surface area contributed by atoms with E-state index in [1.807, 2.05) is 62.4 Å². The van der Waals surface area contributed by atoms with Crippen molar-refractivity contribution < 1.29 is 14.1 Å². The van der Waals surface area contributed by atoms with Gasteiger partial charge in [-0.2, -0.15) is 0 Å². The molecule has 0 unspecified atom stereocenters. The van der Waals surface area contributed by atoms with Gasteiger partial charge < -0.3 is 14.3 Å². The third-order valence-corrected chi connectivity index (χ3v) is 5.57. The van der Waals surface area contributed by atoms with E-state index in [2.05, 4.69) is 10.1 Å². The molecular formula is C26H26N4O3. The van der Waals surface area contributed by atoms with Crippen molar-refractivity contribution in [3.8, 4) is 11.3 Å². The summed E-state index contributed by atoms with van der Waals surface area (Å²) in [7, 11) is 3.44. The van der Waals surface area contributed by atoms with Crippen LogP contribution in [0.15, 0.2) is 65.2 Å². The highest BCUT2D eigenvalue weighted by molar-refractivity contribution is 6.07. The molecule has 7 heteroatoms. The van der Waals surface area contributed by atoms with Gasteiger partial charge in [-0.1, -0.05) is 47.6 Å². The average molecular weight is 443 g/mol. The van der Waals surface area contributed by atoms with Crippen molar-refractivity contribution in [1.29, 1.82) is 0 Å². The highest BCUT2D eigenvalue weighted by Gasteiger charge is 2.23. The number of rotatable bonds is 6. The molecule has 2 aromatic heterocycles. The zero-order valence-corrected chi connectivity index (χ0v) is 19.2. The van der Waals surface area contributed by atoms with E-state index in [1.54, 1.807) is 31.1 Å². The van der Waals surface area contributed by atoms with Gasteiger partial charge in [-0.3, -0.25) is 9.59 Å². The summed E-state index contributed by atoms with van der Waals surface area (Å²) < 4.78 is 5.42. The van der Waals surface area contributed by atoms with Gasteiger partial charge >= 0.3 is 0 Å². The van der Waals surface area contributed by atoms with Crippen LogP contribution in [0.4, 0.5) is 0 Å². The summed E-state index contributed by atoms with van der Waals surface area (Å²) in [5.74, 6) is -0.178. The first-order chi connectivity index (χ1) is 15.9. The fourth-order valence-corrected chi connectivity index (χ4v) is 3.75. The molecule has 2 amide bonds. The van der Waals surface area contributed by atoms with E-state index in [-0.39, 0.29) is 11.8 Å². The van der Waals surface area contributed by atoms with E-state index in [0.29, 0.717) is 46.7 Å². The summed E-state index contributed by atoms with van der Waals surface area (Å²) in [4.78, 5) is 33.7. The van der Waals surface area contributed by atoms with E-state index in [9.17, 15) is 9.59 Å². The van der Waals surface area contributed by atoms with Gasteiger partial charge in [-0.05, 0) is 37.6 Å². The molecule has 0 fully saturated rings. The normalized spacial score (nSPS) is 10.9. The second kappa shape index (κ2) is 9.24. The van der Waals surface area contributed by atoms with E-state index in [4.69, 9.17) is 4.52 Å². The molecule has 0 aliphatic carbocycles.